The monoisotopic (exact) mass is 380 g/mol. The van der Waals surface area contributed by atoms with Gasteiger partial charge in [0.05, 0.1) is 12.2 Å². The van der Waals surface area contributed by atoms with E-state index >= 15 is 0 Å². The molecule has 0 unspecified atom stereocenters. The fraction of sp³-hybridized carbons (Fsp3) is 0.550. The van der Waals surface area contributed by atoms with Gasteiger partial charge >= 0.3 is 6.36 Å². The number of fused-ring (bicyclic) bond motifs is 5. The zero-order valence-electron chi connectivity index (χ0n) is 15.9. The topological polar surface area (TPSA) is 36.2 Å². The van der Waals surface area contributed by atoms with Crippen LogP contribution in [0.3, 0.4) is 0 Å². The average molecular weight is 380 g/mol. The standard InChI is InChI=1S/C20H23F3N2O2/c1-18(2)14-9-10-19(18,3)16-15(14)17(26)25(24(16)4)11-12-5-7-13(8-6-12)27-20(21,22)23/h5-8,14H,9-11H2,1-4H3/t14-,19+/m1/s1. The maximum absolute atomic E-state index is 13.1. The summed E-state index contributed by atoms with van der Waals surface area (Å²) < 4.78 is 44.4. The Morgan fingerprint density at radius 2 is 1.81 bits per heavy atom. The highest BCUT2D eigenvalue weighted by Crippen LogP contribution is 2.66. The van der Waals surface area contributed by atoms with E-state index in [0.717, 1.165) is 29.7 Å². The van der Waals surface area contributed by atoms with Crippen LogP contribution in [0.4, 0.5) is 13.2 Å². The number of rotatable bonds is 3. The molecule has 2 aliphatic rings. The molecule has 0 aliphatic heterocycles. The van der Waals surface area contributed by atoms with E-state index in [2.05, 4.69) is 25.5 Å². The van der Waals surface area contributed by atoms with Crippen molar-refractivity contribution in [2.24, 2.45) is 12.5 Å². The second kappa shape index (κ2) is 5.42. The molecule has 0 N–H and O–H groups in total. The highest BCUT2D eigenvalue weighted by atomic mass is 19.4. The molecule has 4 rings (SSSR count). The van der Waals surface area contributed by atoms with Crippen LogP contribution in [-0.4, -0.2) is 15.7 Å². The van der Waals surface area contributed by atoms with Gasteiger partial charge in [-0.05, 0) is 41.9 Å². The molecule has 2 atom stereocenters. The third-order valence-electron chi connectivity index (χ3n) is 6.99. The first kappa shape index (κ1) is 18.2. The van der Waals surface area contributed by atoms with Gasteiger partial charge in [-0.1, -0.05) is 32.9 Å². The van der Waals surface area contributed by atoms with Crippen LogP contribution in [0.2, 0.25) is 0 Å². The van der Waals surface area contributed by atoms with Crippen molar-refractivity contribution in [2.75, 3.05) is 0 Å². The second-order valence-corrected chi connectivity index (χ2v) is 8.49. The Morgan fingerprint density at radius 1 is 1.19 bits per heavy atom. The second-order valence-electron chi connectivity index (χ2n) is 8.49. The lowest BCUT2D eigenvalue weighted by atomic mass is 9.70. The maximum atomic E-state index is 13.1. The molecule has 1 fully saturated rings. The number of hydrogen-bond donors (Lipinski definition) is 0. The summed E-state index contributed by atoms with van der Waals surface area (Å²) in [5.41, 5.74) is 2.84. The molecule has 27 heavy (non-hydrogen) atoms. The molecule has 0 spiro atoms. The molecule has 2 bridgehead atoms. The molecule has 1 aromatic heterocycles. The molecular weight excluding hydrogens is 357 g/mol. The van der Waals surface area contributed by atoms with Gasteiger partial charge in [0, 0.05) is 18.0 Å². The molecule has 0 amide bonds. The summed E-state index contributed by atoms with van der Waals surface area (Å²) >= 11 is 0. The van der Waals surface area contributed by atoms with Crippen molar-refractivity contribution in [3.05, 3.63) is 51.4 Å². The predicted molar refractivity (Wildman–Crippen MR) is 95.0 cm³/mol. The molecule has 1 saturated carbocycles. The maximum Gasteiger partial charge on any atom is 0.573 e. The molecule has 1 heterocycles. The number of hydrogen-bond acceptors (Lipinski definition) is 2. The van der Waals surface area contributed by atoms with Crippen molar-refractivity contribution >= 4 is 0 Å². The van der Waals surface area contributed by atoms with Crippen molar-refractivity contribution in [2.45, 2.75) is 57.9 Å². The van der Waals surface area contributed by atoms with E-state index in [-0.39, 0.29) is 28.1 Å². The van der Waals surface area contributed by atoms with Gasteiger partial charge in [-0.2, -0.15) is 0 Å². The van der Waals surface area contributed by atoms with E-state index in [1.54, 1.807) is 16.8 Å². The van der Waals surface area contributed by atoms with Crippen LogP contribution in [0.1, 0.15) is 56.4 Å². The Labute approximate surface area is 155 Å². The van der Waals surface area contributed by atoms with Gasteiger partial charge in [-0.15, -0.1) is 13.2 Å². The Balaban J connectivity index is 1.67. The number of halogens is 3. The van der Waals surface area contributed by atoms with Gasteiger partial charge in [0.25, 0.3) is 5.56 Å². The minimum absolute atomic E-state index is 0.0182. The van der Waals surface area contributed by atoms with E-state index in [0.29, 0.717) is 6.54 Å². The summed E-state index contributed by atoms with van der Waals surface area (Å²) in [6.45, 7) is 7.05. The smallest absolute Gasteiger partial charge is 0.406 e. The fourth-order valence-electron chi connectivity index (χ4n) is 5.22. The minimum atomic E-state index is -4.71. The molecule has 0 saturated heterocycles. The third kappa shape index (κ3) is 2.47. The van der Waals surface area contributed by atoms with Crippen molar-refractivity contribution in [1.29, 1.82) is 0 Å². The number of nitrogens with zero attached hydrogens (tertiary/aromatic N) is 2. The Hall–Kier alpha value is -2.18. The van der Waals surface area contributed by atoms with Crippen LogP contribution in [0.5, 0.6) is 5.75 Å². The highest BCUT2D eigenvalue weighted by Gasteiger charge is 2.62. The molecule has 1 aromatic carbocycles. The normalized spacial score (nSPS) is 25.7. The molecule has 0 radical (unpaired) electrons. The van der Waals surface area contributed by atoms with Gasteiger partial charge in [-0.25, -0.2) is 4.68 Å². The van der Waals surface area contributed by atoms with Crippen molar-refractivity contribution in [3.63, 3.8) is 0 Å². The largest absolute Gasteiger partial charge is 0.573 e. The van der Waals surface area contributed by atoms with E-state index < -0.39 is 6.36 Å². The quantitative estimate of drug-likeness (QED) is 0.796. The highest BCUT2D eigenvalue weighted by molar-refractivity contribution is 5.45. The van der Waals surface area contributed by atoms with Crippen LogP contribution in [0, 0.1) is 5.41 Å². The number of benzene rings is 1. The van der Waals surface area contributed by atoms with Gasteiger partial charge in [0.1, 0.15) is 5.75 Å². The molecule has 4 nitrogen and oxygen atoms in total. The van der Waals surface area contributed by atoms with E-state index in [1.165, 1.54) is 12.1 Å². The fourth-order valence-corrected chi connectivity index (χ4v) is 5.22. The molecular formula is C20H23F3N2O2. The van der Waals surface area contributed by atoms with Crippen LogP contribution >= 0.6 is 0 Å². The van der Waals surface area contributed by atoms with Gasteiger partial charge in [0.15, 0.2) is 0 Å². The SMILES string of the molecule is Cn1c2c(c(=O)n1Cc1ccc(OC(F)(F)F)cc1)[C@H]1CC[C@]2(C)C1(C)C. The molecule has 7 heteroatoms. The Bertz CT molecular complexity index is 953. The van der Waals surface area contributed by atoms with Crippen molar-refractivity contribution < 1.29 is 17.9 Å². The van der Waals surface area contributed by atoms with Crippen LogP contribution in [0.15, 0.2) is 29.1 Å². The zero-order valence-corrected chi connectivity index (χ0v) is 15.9. The first-order valence-corrected chi connectivity index (χ1v) is 9.10. The first-order valence-electron chi connectivity index (χ1n) is 9.10. The molecule has 2 aromatic rings. The van der Waals surface area contributed by atoms with Gasteiger partial charge < -0.3 is 4.74 Å². The summed E-state index contributed by atoms with van der Waals surface area (Å²) in [5, 5.41) is 0. The lowest BCUT2D eigenvalue weighted by Crippen LogP contribution is -2.35. The zero-order chi connectivity index (χ0) is 19.8. The summed E-state index contributed by atoms with van der Waals surface area (Å²) in [6, 6.07) is 5.68. The lowest BCUT2D eigenvalue weighted by molar-refractivity contribution is -0.274. The average Bonchev–Trinajstić information content (AvgIpc) is 3.01. The summed E-state index contributed by atoms with van der Waals surface area (Å²) in [5.74, 6) is 0.000268. The van der Waals surface area contributed by atoms with Crippen LogP contribution < -0.4 is 10.3 Å². The summed E-state index contributed by atoms with van der Waals surface area (Å²) in [4.78, 5) is 13.1. The lowest BCUT2D eigenvalue weighted by Gasteiger charge is -2.36. The number of alkyl halides is 3. The van der Waals surface area contributed by atoms with Crippen molar-refractivity contribution in [1.82, 2.24) is 9.36 Å². The van der Waals surface area contributed by atoms with E-state index in [9.17, 15) is 18.0 Å². The van der Waals surface area contributed by atoms with E-state index in [4.69, 9.17) is 0 Å². The number of ether oxygens (including phenoxy) is 1. The van der Waals surface area contributed by atoms with Crippen LogP contribution in [-0.2, 0) is 19.0 Å². The van der Waals surface area contributed by atoms with E-state index in [1.807, 2.05) is 11.7 Å². The van der Waals surface area contributed by atoms with Gasteiger partial charge in [-0.3, -0.25) is 9.48 Å². The summed E-state index contributed by atoms with van der Waals surface area (Å²) in [7, 11) is 1.91. The van der Waals surface area contributed by atoms with Crippen LogP contribution in [0.25, 0.3) is 0 Å². The predicted octanol–water partition coefficient (Wildman–Crippen LogP) is 4.31. The Morgan fingerprint density at radius 3 is 2.37 bits per heavy atom. The summed E-state index contributed by atoms with van der Waals surface area (Å²) in [6.07, 6.45) is -2.61. The Kier molecular flexibility index (Phi) is 3.66. The van der Waals surface area contributed by atoms with Crippen molar-refractivity contribution in [3.8, 4) is 5.75 Å². The minimum Gasteiger partial charge on any atom is -0.406 e. The van der Waals surface area contributed by atoms with Gasteiger partial charge in [0.2, 0.25) is 0 Å². The third-order valence-corrected chi connectivity index (χ3v) is 6.99. The number of aromatic nitrogens is 2. The molecule has 2 aliphatic carbocycles. The molecule has 146 valence electrons. The first-order chi connectivity index (χ1) is 12.5.